The summed E-state index contributed by atoms with van der Waals surface area (Å²) < 4.78 is 36.7. The molecule has 120 valence electrons. The number of ether oxygens (including phenoxy) is 2. The van der Waals surface area contributed by atoms with Gasteiger partial charge in [0.15, 0.2) is 0 Å². The van der Waals surface area contributed by atoms with E-state index in [0.29, 0.717) is 25.6 Å². The third-order valence-corrected chi connectivity index (χ3v) is 4.03. The number of rotatable bonds is 11. The first-order valence-corrected chi connectivity index (χ1v) is 8.34. The number of nitrogens with one attached hydrogen (secondary N) is 2. The maximum Gasteiger partial charge on any atom is 0.240 e. The molecule has 0 bridgehead atoms. The minimum absolute atomic E-state index is 0.188. The number of hydrogen-bond donors (Lipinski definition) is 2. The molecular weight excluding hydrogens is 294 g/mol. The topological polar surface area (TPSA) is 89.6 Å². The van der Waals surface area contributed by atoms with Crippen LogP contribution in [0.25, 0.3) is 0 Å². The second-order valence-electron chi connectivity index (χ2n) is 4.31. The highest BCUT2D eigenvalue weighted by molar-refractivity contribution is 7.89. The molecule has 7 nitrogen and oxygen atoms in total. The van der Waals surface area contributed by atoms with Crippen LogP contribution < -0.4 is 10.0 Å². The van der Waals surface area contributed by atoms with E-state index in [1.807, 2.05) is 6.92 Å². The van der Waals surface area contributed by atoms with Gasteiger partial charge in [-0.1, -0.05) is 6.92 Å². The van der Waals surface area contributed by atoms with Crippen molar-refractivity contribution < 1.29 is 17.9 Å². The van der Waals surface area contributed by atoms with Crippen LogP contribution in [0.2, 0.25) is 0 Å². The lowest BCUT2D eigenvalue weighted by Gasteiger charge is -2.09. The van der Waals surface area contributed by atoms with Crippen LogP contribution in [0.4, 0.5) is 5.82 Å². The number of anilines is 1. The molecule has 0 amide bonds. The van der Waals surface area contributed by atoms with Gasteiger partial charge in [0.25, 0.3) is 0 Å². The number of nitrogens with zero attached hydrogens (tertiary/aromatic N) is 1. The van der Waals surface area contributed by atoms with E-state index in [9.17, 15) is 8.42 Å². The molecule has 0 radical (unpaired) electrons. The Hall–Kier alpha value is -1.22. The van der Waals surface area contributed by atoms with Crippen molar-refractivity contribution in [2.45, 2.75) is 18.2 Å². The van der Waals surface area contributed by atoms with Crippen molar-refractivity contribution in [3.05, 3.63) is 18.3 Å². The molecule has 2 N–H and O–H groups in total. The van der Waals surface area contributed by atoms with E-state index in [-0.39, 0.29) is 11.4 Å². The van der Waals surface area contributed by atoms with Gasteiger partial charge in [-0.15, -0.1) is 0 Å². The van der Waals surface area contributed by atoms with Gasteiger partial charge in [0.1, 0.15) is 5.82 Å². The van der Waals surface area contributed by atoms with Crippen LogP contribution in [-0.2, 0) is 19.5 Å². The van der Waals surface area contributed by atoms with Crippen molar-refractivity contribution in [2.24, 2.45) is 0 Å². The number of pyridine rings is 1. The lowest BCUT2D eigenvalue weighted by molar-refractivity contribution is 0.0736. The summed E-state index contributed by atoms with van der Waals surface area (Å²) in [4.78, 5) is 4.27. The average molecular weight is 317 g/mol. The SMILES string of the molecule is CCCNc1cc(S(=O)(=O)NCCOCCOC)ccn1. The van der Waals surface area contributed by atoms with E-state index in [4.69, 9.17) is 9.47 Å². The van der Waals surface area contributed by atoms with Crippen molar-refractivity contribution >= 4 is 15.8 Å². The molecule has 0 saturated heterocycles. The minimum Gasteiger partial charge on any atom is -0.382 e. The monoisotopic (exact) mass is 317 g/mol. The number of methoxy groups -OCH3 is 1. The zero-order valence-corrected chi connectivity index (χ0v) is 13.3. The van der Waals surface area contributed by atoms with Crippen molar-refractivity contribution in [3.63, 3.8) is 0 Å². The van der Waals surface area contributed by atoms with Crippen LogP contribution in [0.3, 0.4) is 0 Å². The van der Waals surface area contributed by atoms with Crippen LogP contribution in [0.1, 0.15) is 13.3 Å². The van der Waals surface area contributed by atoms with E-state index in [2.05, 4.69) is 15.0 Å². The summed E-state index contributed by atoms with van der Waals surface area (Å²) in [7, 11) is -1.96. The molecule has 1 heterocycles. The summed E-state index contributed by atoms with van der Waals surface area (Å²) in [6.07, 6.45) is 2.41. The van der Waals surface area contributed by atoms with Crippen LogP contribution >= 0.6 is 0 Å². The van der Waals surface area contributed by atoms with Crippen molar-refractivity contribution in [3.8, 4) is 0 Å². The molecule has 0 aliphatic carbocycles. The van der Waals surface area contributed by atoms with Gasteiger partial charge in [0, 0.05) is 32.5 Å². The molecule has 0 fully saturated rings. The predicted molar refractivity (Wildman–Crippen MR) is 80.9 cm³/mol. The quantitative estimate of drug-likeness (QED) is 0.588. The Morgan fingerprint density at radius 2 is 2.05 bits per heavy atom. The van der Waals surface area contributed by atoms with Crippen LogP contribution in [0.15, 0.2) is 23.2 Å². The van der Waals surface area contributed by atoms with Gasteiger partial charge in [-0.2, -0.15) is 0 Å². The van der Waals surface area contributed by atoms with Crippen molar-refractivity contribution in [1.29, 1.82) is 0 Å². The molecule has 1 aromatic heterocycles. The van der Waals surface area contributed by atoms with Crippen molar-refractivity contribution in [1.82, 2.24) is 9.71 Å². The molecule has 0 spiro atoms. The van der Waals surface area contributed by atoms with E-state index < -0.39 is 10.0 Å². The summed E-state index contributed by atoms with van der Waals surface area (Å²) in [5.74, 6) is 0.552. The Balaban J connectivity index is 2.49. The Labute approximate surface area is 126 Å². The maximum absolute atomic E-state index is 12.1. The molecule has 0 atom stereocenters. The molecule has 1 rings (SSSR count). The summed E-state index contributed by atoms with van der Waals surface area (Å²) in [5, 5.41) is 3.06. The van der Waals surface area contributed by atoms with Crippen LogP contribution in [-0.4, -0.2) is 53.4 Å². The van der Waals surface area contributed by atoms with Crippen LogP contribution in [0.5, 0.6) is 0 Å². The molecule has 0 unspecified atom stereocenters. The summed E-state index contributed by atoms with van der Waals surface area (Å²) in [6, 6.07) is 2.98. The molecule has 1 aromatic rings. The Kier molecular flexibility index (Phi) is 8.21. The maximum atomic E-state index is 12.1. The Bertz CT molecular complexity index is 508. The normalized spacial score (nSPS) is 11.5. The lowest BCUT2D eigenvalue weighted by atomic mass is 10.4. The first kappa shape index (κ1) is 17.8. The fourth-order valence-corrected chi connectivity index (χ4v) is 2.53. The van der Waals surface area contributed by atoms with Gasteiger partial charge < -0.3 is 14.8 Å². The Morgan fingerprint density at radius 1 is 1.24 bits per heavy atom. The van der Waals surface area contributed by atoms with Crippen molar-refractivity contribution in [2.75, 3.05) is 45.3 Å². The fraction of sp³-hybridized carbons (Fsp3) is 0.615. The first-order valence-electron chi connectivity index (χ1n) is 6.86. The van der Waals surface area contributed by atoms with E-state index >= 15 is 0 Å². The van der Waals surface area contributed by atoms with Gasteiger partial charge in [-0.05, 0) is 12.5 Å². The van der Waals surface area contributed by atoms with Gasteiger partial charge in [0.05, 0.1) is 24.7 Å². The molecule has 0 aliphatic heterocycles. The van der Waals surface area contributed by atoms with Gasteiger partial charge in [0.2, 0.25) is 10.0 Å². The van der Waals surface area contributed by atoms with Gasteiger partial charge >= 0.3 is 0 Å². The minimum atomic E-state index is -3.54. The smallest absolute Gasteiger partial charge is 0.240 e. The summed E-state index contributed by atoms with van der Waals surface area (Å²) in [6.45, 7) is 4.22. The predicted octanol–water partition coefficient (Wildman–Crippen LogP) is 0.845. The molecule has 0 saturated carbocycles. The van der Waals surface area contributed by atoms with E-state index in [1.54, 1.807) is 7.11 Å². The van der Waals surface area contributed by atoms with Crippen LogP contribution in [0, 0.1) is 0 Å². The standard InChI is InChI=1S/C13H23N3O4S/c1-3-5-14-13-11-12(4-6-15-13)21(17,18)16-7-8-20-10-9-19-2/h4,6,11,16H,3,5,7-10H2,1-2H3,(H,14,15). The number of aromatic nitrogens is 1. The van der Waals surface area contributed by atoms with E-state index in [1.165, 1.54) is 18.3 Å². The fourth-order valence-electron chi connectivity index (χ4n) is 1.50. The molecule has 0 aromatic carbocycles. The summed E-state index contributed by atoms with van der Waals surface area (Å²) in [5.41, 5.74) is 0. The number of sulfonamides is 1. The third kappa shape index (κ3) is 6.85. The zero-order chi connectivity index (χ0) is 15.6. The summed E-state index contributed by atoms with van der Waals surface area (Å²) >= 11 is 0. The highest BCUT2D eigenvalue weighted by Crippen LogP contribution is 2.12. The number of hydrogen-bond acceptors (Lipinski definition) is 6. The highest BCUT2D eigenvalue weighted by atomic mass is 32.2. The zero-order valence-electron chi connectivity index (χ0n) is 12.5. The second-order valence-corrected chi connectivity index (χ2v) is 6.07. The first-order chi connectivity index (χ1) is 10.1. The second kappa shape index (κ2) is 9.67. The van der Waals surface area contributed by atoms with Gasteiger partial charge in [-0.3, -0.25) is 0 Å². The van der Waals surface area contributed by atoms with Gasteiger partial charge in [-0.25, -0.2) is 18.1 Å². The Morgan fingerprint density at radius 3 is 2.76 bits per heavy atom. The highest BCUT2D eigenvalue weighted by Gasteiger charge is 2.14. The lowest BCUT2D eigenvalue weighted by Crippen LogP contribution is -2.28. The molecular formula is C13H23N3O4S. The largest absolute Gasteiger partial charge is 0.382 e. The third-order valence-electron chi connectivity index (χ3n) is 2.57. The molecule has 0 aliphatic rings. The average Bonchev–Trinajstić information content (AvgIpc) is 2.49. The molecule has 8 heteroatoms. The molecule has 21 heavy (non-hydrogen) atoms. The van der Waals surface area contributed by atoms with E-state index in [0.717, 1.165) is 13.0 Å².